The minimum Gasteiger partial charge on any atom is -0.384 e. The van der Waals surface area contributed by atoms with Crippen molar-refractivity contribution in [1.82, 2.24) is 4.90 Å². The van der Waals surface area contributed by atoms with Gasteiger partial charge in [-0.15, -0.1) is 0 Å². The maximum absolute atomic E-state index is 11.9. The normalized spacial score (nSPS) is 19.8. The Hall–Kier alpha value is -0.650. The fourth-order valence-electron chi connectivity index (χ4n) is 2.06. The lowest BCUT2D eigenvalue weighted by molar-refractivity contribution is -0.143. The van der Waals surface area contributed by atoms with Crippen LogP contribution in [-0.2, 0) is 14.3 Å². The van der Waals surface area contributed by atoms with E-state index in [4.69, 9.17) is 15.2 Å². The number of nitrogens with two attached hydrogens (primary N) is 1. The first kappa shape index (κ1) is 13.4. The number of carbonyl (C=O) groups is 1. The number of ether oxygens (including phenoxy) is 2. The molecule has 94 valence electrons. The van der Waals surface area contributed by atoms with Crippen LogP contribution in [-0.4, -0.2) is 57.4 Å². The molecule has 0 aliphatic carbocycles. The second kappa shape index (κ2) is 6.83. The van der Waals surface area contributed by atoms with Crippen molar-refractivity contribution in [2.45, 2.75) is 18.9 Å². The summed E-state index contributed by atoms with van der Waals surface area (Å²) in [6, 6.07) is 0. The summed E-state index contributed by atoms with van der Waals surface area (Å²) >= 11 is 0. The number of methoxy groups -OCH3 is 2. The minimum atomic E-state index is -0.487. The van der Waals surface area contributed by atoms with E-state index >= 15 is 0 Å². The fraction of sp³-hybridized carbons (Fsp3) is 0.909. The Balaban J connectivity index is 2.38. The van der Waals surface area contributed by atoms with Crippen LogP contribution in [0.2, 0.25) is 0 Å². The van der Waals surface area contributed by atoms with Crippen molar-refractivity contribution >= 4 is 5.91 Å². The topological polar surface area (TPSA) is 64.8 Å². The van der Waals surface area contributed by atoms with Crippen molar-refractivity contribution in [2.24, 2.45) is 11.7 Å². The van der Waals surface area contributed by atoms with Gasteiger partial charge in [0.05, 0.1) is 0 Å². The van der Waals surface area contributed by atoms with Gasteiger partial charge in [-0.3, -0.25) is 4.79 Å². The van der Waals surface area contributed by atoms with Crippen molar-refractivity contribution in [2.75, 3.05) is 40.5 Å². The van der Waals surface area contributed by atoms with E-state index in [0.717, 1.165) is 32.5 Å². The van der Waals surface area contributed by atoms with Gasteiger partial charge in [-0.25, -0.2) is 0 Å². The molecule has 1 unspecified atom stereocenters. The zero-order chi connectivity index (χ0) is 12.0. The minimum absolute atomic E-state index is 0.0147. The molecule has 1 aliphatic rings. The first-order chi connectivity index (χ1) is 7.72. The van der Waals surface area contributed by atoms with E-state index in [1.165, 1.54) is 7.11 Å². The molecule has 5 nitrogen and oxygen atoms in total. The Morgan fingerprint density at radius 2 is 2.06 bits per heavy atom. The summed E-state index contributed by atoms with van der Waals surface area (Å²) in [5.41, 5.74) is 5.47. The van der Waals surface area contributed by atoms with Crippen molar-refractivity contribution in [3.63, 3.8) is 0 Å². The monoisotopic (exact) mass is 230 g/mol. The Kier molecular flexibility index (Phi) is 5.73. The van der Waals surface area contributed by atoms with Crippen LogP contribution in [0.25, 0.3) is 0 Å². The Labute approximate surface area is 96.9 Å². The van der Waals surface area contributed by atoms with Crippen molar-refractivity contribution in [3.05, 3.63) is 0 Å². The average molecular weight is 230 g/mol. The molecule has 16 heavy (non-hydrogen) atoms. The van der Waals surface area contributed by atoms with Gasteiger partial charge in [0.2, 0.25) is 0 Å². The van der Waals surface area contributed by atoms with Crippen LogP contribution in [0.15, 0.2) is 0 Å². The second-order valence-corrected chi connectivity index (χ2v) is 4.18. The average Bonchev–Trinajstić information content (AvgIpc) is 2.32. The van der Waals surface area contributed by atoms with E-state index < -0.39 is 6.10 Å². The van der Waals surface area contributed by atoms with Crippen LogP contribution in [0.3, 0.4) is 0 Å². The lowest BCUT2D eigenvalue weighted by atomic mass is 9.97. The van der Waals surface area contributed by atoms with Crippen LogP contribution in [0.1, 0.15) is 12.8 Å². The number of hydrogen-bond donors (Lipinski definition) is 1. The Bertz CT molecular complexity index is 211. The smallest absolute Gasteiger partial charge is 0.253 e. The van der Waals surface area contributed by atoms with Gasteiger partial charge in [0.1, 0.15) is 6.10 Å². The molecule has 0 saturated carbocycles. The van der Waals surface area contributed by atoms with Crippen LogP contribution in [0, 0.1) is 5.92 Å². The van der Waals surface area contributed by atoms with Crippen LogP contribution in [0.4, 0.5) is 0 Å². The lowest BCUT2D eigenvalue weighted by Gasteiger charge is -2.33. The number of nitrogens with zero attached hydrogens (tertiary/aromatic N) is 1. The van der Waals surface area contributed by atoms with Crippen LogP contribution >= 0.6 is 0 Å². The molecular weight excluding hydrogens is 208 g/mol. The SMILES string of the molecule is COCC1CCN(C(=O)C(CN)OC)CC1. The van der Waals surface area contributed by atoms with Gasteiger partial charge in [0.25, 0.3) is 5.91 Å². The predicted octanol–water partition coefficient (Wildman–Crippen LogP) is -0.155. The highest BCUT2D eigenvalue weighted by Crippen LogP contribution is 2.18. The molecule has 1 heterocycles. The number of amides is 1. The van der Waals surface area contributed by atoms with Crippen molar-refractivity contribution in [3.8, 4) is 0 Å². The summed E-state index contributed by atoms with van der Waals surface area (Å²) in [4.78, 5) is 13.8. The van der Waals surface area contributed by atoms with Gasteiger partial charge in [0, 0.05) is 40.5 Å². The summed E-state index contributed by atoms with van der Waals surface area (Å²) in [5, 5.41) is 0. The van der Waals surface area contributed by atoms with Crippen molar-refractivity contribution < 1.29 is 14.3 Å². The van der Waals surface area contributed by atoms with E-state index in [-0.39, 0.29) is 12.5 Å². The first-order valence-corrected chi connectivity index (χ1v) is 5.73. The molecule has 1 rings (SSSR count). The van der Waals surface area contributed by atoms with Crippen LogP contribution < -0.4 is 5.73 Å². The molecule has 0 radical (unpaired) electrons. The third kappa shape index (κ3) is 3.43. The quantitative estimate of drug-likeness (QED) is 0.713. The molecule has 1 fully saturated rings. The first-order valence-electron chi connectivity index (χ1n) is 5.73. The summed E-state index contributed by atoms with van der Waals surface area (Å²) in [6.07, 6.45) is 1.51. The van der Waals surface area contributed by atoms with E-state index in [1.54, 1.807) is 7.11 Å². The largest absolute Gasteiger partial charge is 0.384 e. The second-order valence-electron chi connectivity index (χ2n) is 4.18. The van der Waals surface area contributed by atoms with E-state index in [2.05, 4.69) is 0 Å². The number of carbonyl (C=O) groups excluding carboxylic acids is 1. The number of likely N-dealkylation sites (tertiary alicyclic amines) is 1. The number of hydrogen-bond acceptors (Lipinski definition) is 4. The summed E-state index contributed by atoms with van der Waals surface area (Å²) in [5.74, 6) is 0.591. The van der Waals surface area contributed by atoms with Gasteiger partial charge in [-0.2, -0.15) is 0 Å². The third-order valence-corrected chi connectivity index (χ3v) is 3.10. The highest BCUT2D eigenvalue weighted by atomic mass is 16.5. The molecule has 5 heteroatoms. The predicted molar refractivity (Wildman–Crippen MR) is 61.0 cm³/mol. The molecule has 0 aromatic rings. The molecule has 1 saturated heterocycles. The highest BCUT2D eigenvalue weighted by molar-refractivity contribution is 5.81. The van der Waals surface area contributed by atoms with E-state index in [1.807, 2.05) is 4.90 Å². The molecule has 0 spiro atoms. The zero-order valence-corrected chi connectivity index (χ0v) is 10.1. The van der Waals surface area contributed by atoms with Gasteiger partial charge in [0.15, 0.2) is 0 Å². The standard InChI is InChI=1S/C11H22N2O3/c1-15-8-9-3-5-13(6-4-9)11(14)10(7-12)16-2/h9-10H,3-8,12H2,1-2H3. The maximum Gasteiger partial charge on any atom is 0.253 e. The molecule has 1 atom stereocenters. The molecular formula is C11H22N2O3. The van der Waals surface area contributed by atoms with Crippen molar-refractivity contribution in [1.29, 1.82) is 0 Å². The van der Waals surface area contributed by atoms with Gasteiger partial charge in [-0.05, 0) is 18.8 Å². The maximum atomic E-state index is 11.9. The van der Waals surface area contributed by atoms with E-state index in [9.17, 15) is 4.79 Å². The summed E-state index contributed by atoms with van der Waals surface area (Å²) in [7, 11) is 3.24. The number of piperidine rings is 1. The Morgan fingerprint density at radius 1 is 1.44 bits per heavy atom. The molecule has 2 N–H and O–H groups in total. The highest BCUT2D eigenvalue weighted by Gasteiger charge is 2.27. The van der Waals surface area contributed by atoms with Gasteiger partial charge >= 0.3 is 0 Å². The van der Waals surface area contributed by atoms with Crippen LogP contribution in [0.5, 0.6) is 0 Å². The van der Waals surface area contributed by atoms with E-state index in [0.29, 0.717) is 5.92 Å². The lowest BCUT2D eigenvalue weighted by Crippen LogP contribution is -2.47. The molecule has 0 bridgehead atoms. The molecule has 1 aliphatic heterocycles. The Morgan fingerprint density at radius 3 is 2.50 bits per heavy atom. The third-order valence-electron chi connectivity index (χ3n) is 3.10. The summed E-state index contributed by atoms with van der Waals surface area (Å²) in [6.45, 7) is 2.60. The summed E-state index contributed by atoms with van der Waals surface area (Å²) < 4.78 is 10.2. The number of rotatable bonds is 5. The molecule has 0 aromatic heterocycles. The van der Waals surface area contributed by atoms with Gasteiger partial charge in [-0.1, -0.05) is 0 Å². The van der Waals surface area contributed by atoms with Gasteiger partial charge < -0.3 is 20.1 Å². The molecule has 0 aromatic carbocycles. The fourth-order valence-corrected chi connectivity index (χ4v) is 2.06. The zero-order valence-electron chi connectivity index (χ0n) is 10.1. The molecule has 1 amide bonds.